The molecule has 15 heavy (non-hydrogen) atoms. The highest BCUT2D eigenvalue weighted by Gasteiger charge is 2.13. The molecule has 82 valence electrons. The molecule has 1 aromatic carbocycles. The number of hydrogen-bond acceptors (Lipinski definition) is 2. The molecule has 0 saturated carbocycles. The molecular weight excluding hydrogens is 193 g/mol. The van der Waals surface area contributed by atoms with Crippen molar-refractivity contribution in [3.8, 4) is 0 Å². The summed E-state index contributed by atoms with van der Waals surface area (Å²) in [5, 5.41) is 3.29. The molecule has 1 aliphatic rings. The van der Waals surface area contributed by atoms with Crippen molar-refractivity contribution in [2.45, 2.75) is 12.8 Å². The first kappa shape index (κ1) is 10.4. The van der Waals surface area contributed by atoms with Crippen molar-refractivity contribution in [1.82, 2.24) is 0 Å². The van der Waals surface area contributed by atoms with E-state index >= 15 is 0 Å². The Morgan fingerprint density at radius 1 is 1.33 bits per heavy atom. The first-order valence-electron chi connectivity index (χ1n) is 5.42. The molecule has 3 heteroatoms. The predicted molar refractivity (Wildman–Crippen MR) is 58.4 cm³/mol. The van der Waals surface area contributed by atoms with Crippen LogP contribution in [0.25, 0.3) is 0 Å². The lowest BCUT2D eigenvalue weighted by Gasteiger charge is -2.22. The molecule has 1 unspecified atom stereocenters. The molecule has 1 aromatic rings. The topological polar surface area (TPSA) is 21.3 Å². The predicted octanol–water partition coefficient (Wildman–Crippen LogP) is 2.66. The number of rotatable bonds is 3. The van der Waals surface area contributed by atoms with Crippen LogP contribution in [0.5, 0.6) is 0 Å². The standard InChI is InChI=1S/C12H16FNO/c13-11-3-5-12(6-4-11)14-8-10-2-1-7-15-9-10/h3-6,10,14H,1-2,7-9H2. The lowest BCUT2D eigenvalue weighted by Crippen LogP contribution is -2.24. The molecule has 1 N–H and O–H groups in total. The largest absolute Gasteiger partial charge is 0.385 e. The average molecular weight is 209 g/mol. The monoisotopic (exact) mass is 209 g/mol. The Morgan fingerprint density at radius 2 is 2.13 bits per heavy atom. The molecule has 0 bridgehead atoms. The Balaban J connectivity index is 1.79. The SMILES string of the molecule is Fc1ccc(NCC2CCCOC2)cc1. The third kappa shape index (κ3) is 3.20. The number of benzene rings is 1. The van der Waals surface area contributed by atoms with E-state index in [0.29, 0.717) is 5.92 Å². The Kier molecular flexibility index (Phi) is 3.56. The minimum Gasteiger partial charge on any atom is -0.385 e. The van der Waals surface area contributed by atoms with Gasteiger partial charge in [-0.05, 0) is 43.0 Å². The van der Waals surface area contributed by atoms with Gasteiger partial charge in [0.25, 0.3) is 0 Å². The van der Waals surface area contributed by atoms with Gasteiger partial charge in [-0.1, -0.05) is 0 Å². The number of halogens is 1. The van der Waals surface area contributed by atoms with E-state index in [4.69, 9.17) is 4.74 Å². The second kappa shape index (κ2) is 5.12. The summed E-state index contributed by atoms with van der Waals surface area (Å²) in [5.74, 6) is 0.394. The van der Waals surface area contributed by atoms with Gasteiger partial charge in [0.15, 0.2) is 0 Å². The summed E-state index contributed by atoms with van der Waals surface area (Å²) >= 11 is 0. The van der Waals surface area contributed by atoms with Crippen LogP contribution in [-0.2, 0) is 4.74 Å². The number of ether oxygens (including phenoxy) is 1. The molecule has 0 aromatic heterocycles. The molecule has 1 fully saturated rings. The zero-order chi connectivity index (χ0) is 10.5. The van der Waals surface area contributed by atoms with Gasteiger partial charge >= 0.3 is 0 Å². The summed E-state index contributed by atoms with van der Waals surface area (Å²) in [5.41, 5.74) is 0.974. The second-order valence-corrected chi connectivity index (χ2v) is 3.97. The van der Waals surface area contributed by atoms with Crippen LogP contribution in [0, 0.1) is 11.7 Å². The van der Waals surface area contributed by atoms with Gasteiger partial charge in [0, 0.05) is 18.8 Å². The summed E-state index contributed by atoms with van der Waals surface area (Å²) in [6, 6.07) is 6.47. The Morgan fingerprint density at radius 3 is 2.80 bits per heavy atom. The van der Waals surface area contributed by atoms with Crippen LogP contribution >= 0.6 is 0 Å². The molecule has 1 saturated heterocycles. The maximum Gasteiger partial charge on any atom is 0.123 e. The lowest BCUT2D eigenvalue weighted by atomic mass is 10.0. The van der Waals surface area contributed by atoms with Crippen LogP contribution in [-0.4, -0.2) is 19.8 Å². The van der Waals surface area contributed by atoms with Gasteiger partial charge in [-0.15, -0.1) is 0 Å². The summed E-state index contributed by atoms with van der Waals surface area (Å²) in [4.78, 5) is 0. The van der Waals surface area contributed by atoms with Crippen molar-refractivity contribution in [1.29, 1.82) is 0 Å². The number of nitrogens with one attached hydrogen (secondary N) is 1. The highest BCUT2D eigenvalue weighted by atomic mass is 19.1. The molecule has 0 amide bonds. The molecular formula is C12H16FNO. The smallest absolute Gasteiger partial charge is 0.123 e. The van der Waals surface area contributed by atoms with Gasteiger partial charge < -0.3 is 10.1 Å². The third-order valence-corrected chi connectivity index (χ3v) is 2.69. The van der Waals surface area contributed by atoms with E-state index in [1.807, 2.05) is 0 Å². The molecule has 0 aliphatic carbocycles. The Bertz CT molecular complexity index is 293. The lowest BCUT2D eigenvalue weighted by molar-refractivity contribution is 0.0595. The third-order valence-electron chi connectivity index (χ3n) is 2.69. The highest BCUT2D eigenvalue weighted by Crippen LogP contribution is 2.15. The molecule has 1 aliphatic heterocycles. The summed E-state index contributed by atoms with van der Waals surface area (Å²) in [7, 11) is 0. The van der Waals surface area contributed by atoms with E-state index in [2.05, 4.69) is 5.32 Å². The first-order valence-corrected chi connectivity index (χ1v) is 5.42. The summed E-state index contributed by atoms with van der Waals surface area (Å²) < 4.78 is 18.0. The molecule has 0 spiro atoms. The van der Waals surface area contributed by atoms with Gasteiger partial charge in [-0.2, -0.15) is 0 Å². The van der Waals surface area contributed by atoms with E-state index in [1.54, 1.807) is 12.1 Å². The van der Waals surface area contributed by atoms with Crippen molar-refractivity contribution >= 4 is 5.69 Å². The second-order valence-electron chi connectivity index (χ2n) is 3.97. The number of anilines is 1. The van der Waals surface area contributed by atoms with Crippen molar-refractivity contribution in [2.24, 2.45) is 5.92 Å². The molecule has 0 radical (unpaired) electrons. The zero-order valence-electron chi connectivity index (χ0n) is 8.71. The van der Waals surface area contributed by atoms with Crippen molar-refractivity contribution < 1.29 is 9.13 Å². The van der Waals surface area contributed by atoms with Crippen LogP contribution in [0.3, 0.4) is 0 Å². The highest BCUT2D eigenvalue weighted by molar-refractivity contribution is 5.42. The van der Waals surface area contributed by atoms with Crippen LogP contribution in [0.4, 0.5) is 10.1 Å². The van der Waals surface area contributed by atoms with Crippen LogP contribution < -0.4 is 5.32 Å². The van der Waals surface area contributed by atoms with Gasteiger partial charge in [0.05, 0.1) is 6.61 Å². The molecule has 1 heterocycles. The Labute approximate surface area is 89.4 Å². The fourth-order valence-corrected chi connectivity index (χ4v) is 1.80. The van der Waals surface area contributed by atoms with E-state index < -0.39 is 0 Å². The fourth-order valence-electron chi connectivity index (χ4n) is 1.80. The maximum atomic E-state index is 12.6. The van der Waals surface area contributed by atoms with Crippen molar-refractivity contribution in [3.63, 3.8) is 0 Å². The molecule has 2 rings (SSSR count). The summed E-state index contributed by atoms with van der Waals surface area (Å²) in [6.07, 6.45) is 2.37. The maximum absolute atomic E-state index is 12.6. The van der Waals surface area contributed by atoms with Crippen molar-refractivity contribution in [3.05, 3.63) is 30.1 Å². The number of hydrogen-bond donors (Lipinski definition) is 1. The first-order chi connectivity index (χ1) is 7.34. The van der Waals surface area contributed by atoms with Crippen molar-refractivity contribution in [2.75, 3.05) is 25.1 Å². The zero-order valence-corrected chi connectivity index (χ0v) is 8.71. The van der Waals surface area contributed by atoms with Gasteiger partial charge in [-0.3, -0.25) is 0 Å². The normalized spacial score (nSPS) is 21.3. The quantitative estimate of drug-likeness (QED) is 0.826. The molecule has 2 nitrogen and oxygen atoms in total. The molecule has 1 atom stereocenters. The van der Waals surface area contributed by atoms with Gasteiger partial charge in [0.2, 0.25) is 0 Å². The van der Waals surface area contributed by atoms with Crippen LogP contribution in [0.1, 0.15) is 12.8 Å². The average Bonchev–Trinajstić information content (AvgIpc) is 2.30. The fraction of sp³-hybridized carbons (Fsp3) is 0.500. The van der Waals surface area contributed by atoms with Gasteiger partial charge in [0.1, 0.15) is 5.82 Å². The van der Waals surface area contributed by atoms with Gasteiger partial charge in [-0.25, -0.2) is 4.39 Å². The van der Waals surface area contributed by atoms with E-state index in [-0.39, 0.29) is 5.82 Å². The van der Waals surface area contributed by atoms with Crippen LogP contribution in [0.2, 0.25) is 0 Å². The van der Waals surface area contributed by atoms with E-state index in [0.717, 1.165) is 31.9 Å². The van der Waals surface area contributed by atoms with Crippen LogP contribution in [0.15, 0.2) is 24.3 Å². The Hall–Kier alpha value is -1.09. The van der Waals surface area contributed by atoms with E-state index in [1.165, 1.54) is 18.6 Å². The minimum absolute atomic E-state index is 0.193. The van der Waals surface area contributed by atoms with E-state index in [9.17, 15) is 4.39 Å². The summed E-state index contributed by atoms with van der Waals surface area (Å²) in [6.45, 7) is 2.65. The minimum atomic E-state index is -0.193.